The van der Waals surface area contributed by atoms with Crippen LogP contribution in [0.15, 0.2) is 12.1 Å². The van der Waals surface area contributed by atoms with E-state index in [0.717, 1.165) is 12.1 Å². The number of hydrogen-bond acceptors (Lipinski definition) is 1. The van der Waals surface area contributed by atoms with E-state index in [1.165, 1.54) is 0 Å². The molecular weight excluding hydrogens is 202 g/mol. The van der Waals surface area contributed by atoms with Gasteiger partial charge in [-0.25, -0.2) is 4.39 Å². The SMILES string of the molecule is Cc1c(Cl)cc(F)cc1C(=O)Cl. The molecule has 0 saturated heterocycles. The third kappa shape index (κ3) is 1.76. The van der Waals surface area contributed by atoms with Crippen LogP contribution < -0.4 is 0 Å². The minimum absolute atomic E-state index is 0.113. The summed E-state index contributed by atoms with van der Waals surface area (Å²) < 4.78 is 12.7. The van der Waals surface area contributed by atoms with Crippen LogP contribution in [0.5, 0.6) is 0 Å². The third-order valence-electron chi connectivity index (χ3n) is 1.52. The quantitative estimate of drug-likeness (QED) is 0.646. The van der Waals surface area contributed by atoms with E-state index in [-0.39, 0.29) is 10.6 Å². The van der Waals surface area contributed by atoms with Gasteiger partial charge in [-0.3, -0.25) is 4.79 Å². The lowest BCUT2D eigenvalue weighted by atomic mass is 10.1. The molecule has 0 heterocycles. The molecule has 0 spiro atoms. The summed E-state index contributed by atoms with van der Waals surface area (Å²) in [5.41, 5.74) is 0.611. The smallest absolute Gasteiger partial charge is 0.252 e. The second-order valence-electron chi connectivity index (χ2n) is 2.33. The molecule has 1 nitrogen and oxygen atoms in total. The Labute approximate surface area is 79.1 Å². The van der Waals surface area contributed by atoms with Gasteiger partial charge in [0.05, 0.1) is 0 Å². The first-order chi connectivity index (χ1) is 5.52. The lowest BCUT2D eigenvalue weighted by molar-refractivity contribution is 0.108. The van der Waals surface area contributed by atoms with Crippen molar-refractivity contribution >= 4 is 28.4 Å². The first kappa shape index (κ1) is 9.49. The maximum atomic E-state index is 12.7. The molecule has 0 aromatic heterocycles. The molecule has 0 amide bonds. The van der Waals surface area contributed by atoms with E-state index >= 15 is 0 Å². The van der Waals surface area contributed by atoms with Crippen molar-refractivity contribution in [3.8, 4) is 0 Å². The lowest BCUT2D eigenvalue weighted by Gasteiger charge is -2.02. The van der Waals surface area contributed by atoms with Crippen molar-refractivity contribution < 1.29 is 9.18 Å². The first-order valence-electron chi connectivity index (χ1n) is 3.18. The monoisotopic (exact) mass is 206 g/mol. The number of hydrogen-bond donors (Lipinski definition) is 0. The van der Waals surface area contributed by atoms with Crippen molar-refractivity contribution in [3.05, 3.63) is 34.1 Å². The maximum Gasteiger partial charge on any atom is 0.252 e. The fourth-order valence-corrected chi connectivity index (χ4v) is 1.25. The molecule has 0 aliphatic heterocycles. The van der Waals surface area contributed by atoms with Crippen LogP contribution in [0.2, 0.25) is 5.02 Å². The van der Waals surface area contributed by atoms with E-state index < -0.39 is 11.1 Å². The third-order valence-corrected chi connectivity index (χ3v) is 2.12. The van der Waals surface area contributed by atoms with Crippen LogP contribution >= 0.6 is 23.2 Å². The average molecular weight is 207 g/mol. The van der Waals surface area contributed by atoms with Crippen LogP contribution in [-0.4, -0.2) is 5.24 Å². The summed E-state index contributed by atoms with van der Waals surface area (Å²) in [5, 5.41) is -0.493. The topological polar surface area (TPSA) is 17.1 Å². The van der Waals surface area contributed by atoms with E-state index in [0.29, 0.717) is 5.56 Å². The van der Waals surface area contributed by atoms with Crippen LogP contribution in [-0.2, 0) is 0 Å². The van der Waals surface area contributed by atoms with Crippen LogP contribution in [0.1, 0.15) is 15.9 Å². The fraction of sp³-hybridized carbons (Fsp3) is 0.125. The van der Waals surface area contributed by atoms with Crippen molar-refractivity contribution in [1.82, 2.24) is 0 Å². The molecule has 0 fully saturated rings. The van der Waals surface area contributed by atoms with E-state index in [9.17, 15) is 9.18 Å². The Hall–Kier alpha value is -0.600. The summed E-state index contributed by atoms with van der Waals surface area (Å²) in [7, 11) is 0. The van der Waals surface area contributed by atoms with Gasteiger partial charge in [0, 0.05) is 10.6 Å². The van der Waals surface area contributed by atoms with Gasteiger partial charge in [0.15, 0.2) is 0 Å². The zero-order chi connectivity index (χ0) is 9.30. The number of halogens is 3. The van der Waals surface area contributed by atoms with Crippen LogP contribution in [0.3, 0.4) is 0 Å². The van der Waals surface area contributed by atoms with Gasteiger partial charge >= 0.3 is 0 Å². The fourth-order valence-electron chi connectivity index (χ4n) is 0.850. The molecule has 1 aromatic rings. The van der Waals surface area contributed by atoms with Gasteiger partial charge in [-0.05, 0) is 36.2 Å². The molecule has 0 N–H and O–H groups in total. The highest BCUT2D eigenvalue weighted by Gasteiger charge is 2.10. The zero-order valence-electron chi connectivity index (χ0n) is 6.20. The van der Waals surface area contributed by atoms with Crippen LogP contribution in [0.25, 0.3) is 0 Å². The summed E-state index contributed by atoms with van der Waals surface area (Å²) in [6.07, 6.45) is 0. The molecular formula is C8H5Cl2FO. The molecule has 12 heavy (non-hydrogen) atoms. The predicted octanol–water partition coefficient (Wildman–Crippen LogP) is 3.17. The van der Waals surface area contributed by atoms with Gasteiger partial charge in [0.2, 0.25) is 0 Å². The molecule has 4 heteroatoms. The van der Waals surface area contributed by atoms with Gasteiger partial charge in [-0.1, -0.05) is 11.6 Å². The van der Waals surface area contributed by atoms with E-state index in [1.54, 1.807) is 6.92 Å². The molecule has 0 radical (unpaired) electrons. The Morgan fingerprint density at radius 1 is 1.50 bits per heavy atom. The second kappa shape index (κ2) is 3.42. The van der Waals surface area contributed by atoms with Crippen molar-refractivity contribution in [2.45, 2.75) is 6.92 Å². The van der Waals surface area contributed by atoms with Gasteiger partial charge in [0.1, 0.15) is 5.82 Å². The highest BCUT2D eigenvalue weighted by Crippen LogP contribution is 2.22. The molecule has 0 unspecified atom stereocenters. The molecule has 0 atom stereocenters. The Morgan fingerprint density at radius 2 is 2.08 bits per heavy atom. The minimum atomic E-state index is -0.700. The van der Waals surface area contributed by atoms with Gasteiger partial charge in [0.25, 0.3) is 5.24 Å². The molecule has 64 valence electrons. The highest BCUT2D eigenvalue weighted by molar-refractivity contribution is 6.68. The van der Waals surface area contributed by atoms with Crippen LogP contribution in [0, 0.1) is 12.7 Å². The molecule has 1 rings (SSSR count). The second-order valence-corrected chi connectivity index (χ2v) is 3.08. The number of carbonyl (C=O) groups is 1. The summed E-state index contributed by atoms with van der Waals surface area (Å²) >= 11 is 10.8. The zero-order valence-corrected chi connectivity index (χ0v) is 7.71. The summed E-state index contributed by atoms with van der Waals surface area (Å²) in [6, 6.07) is 2.21. The van der Waals surface area contributed by atoms with E-state index in [2.05, 4.69) is 0 Å². The molecule has 0 saturated carbocycles. The number of benzene rings is 1. The summed E-state index contributed by atoms with van der Waals surface area (Å²) in [5.74, 6) is -0.561. The van der Waals surface area contributed by atoms with Crippen molar-refractivity contribution in [2.75, 3.05) is 0 Å². The van der Waals surface area contributed by atoms with Crippen molar-refractivity contribution in [2.24, 2.45) is 0 Å². The van der Waals surface area contributed by atoms with E-state index in [1.807, 2.05) is 0 Å². The lowest BCUT2D eigenvalue weighted by Crippen LogP contribution is -1.95. The molecule has 0 aliphatic carbocycles. The minimum Gasteiger partial charge on any atom is -0.276 e. The first-order valence-corrected chi connectivity index (χ1v) is 3.93. The molecule has 1 aromatic carbocycles. The van der Waals surface area contributed by atoms with Crippen molar-refractivity contribution in [3.63, 3.8) is 0 Å². The van der Waals surface area contributed by atoms with Gasteiger partial charge in [-0.2, -0.15) is 0 Å². The standard InChI is InChI=1S/C8H5Cl2FO/c1-4-6(8(10)12)2-5(11)3-7(4)9/h2-3H,1H3. The van der Waals surface area contributed by atoms with Gasteiger partial charge in [-0.15, -0.1) is 0 Å². The van der Waals surface area contributed by atoms with Crippen molar-refractivity contribution in [1.29, 1.82) is 0 Å². The number of carbonyl (C=O) groups excluding carboxylic acids is 1. The normalized spacial score (nSPS) is 10.0. The van der Waals surface area contributed by atoms with E-state index in [4.69, 9.17) is 23.2 Å². The maximum absolute atomic E-state index is 12.7. The molecule has 0 aliphatic rings. The Morgan fingerprint density at radius 3 is 2.58 bits per heavy atom. The Balaban J connectivity index is 3.37. The summed E-state index contributed by atoms with van der Waals surface area (Å²) in [6.45, 7) is 1.61. The van der Waals surface area contributed by atoms with Gasteiger partial charge < -0.3 is 0 Å². The largest absolute Gasteiger partial charge is 0.276 e. The van der Waals surface area contributed by atoms with Crippen LogP contribution in [0.4, 0.5) is 4.39 Å². The highest BCUT2D eigenvalue weighted by atomic mass is 35.5. The molecule has 0 bridgehead atoms. The summed E-state index contributed by atoms with van der Waals surface area (Å²) in [4.78, 5) is 10.7. The Bertz CT molecular complexity index is 336. The number of rotatable bonds is 1. The Kier molecular flexibility index (Phi) is 2.70. The predicted molar refractivity (Wildman–Crippen MR) is 46.3 cm³/mol. The average Bonchev–Trinajstić information content (AvgIpc) is 1.96.